The van der Waals surface area contributed by atoms with Crippen molar-refractivity contribution in [1.82, 2.24) is 0 Å². The molecule has 1 aromatic carbocycles. The van der Waals surface area contributed by atoms with E-state index in [1.54, 1.807) is 0 Å². The molecule has 0 N–H and O–H groups in total. The van der Waals surface area contributed by atoms with Crippen molar-refractivity contribution in [1.29, 1.82) is 0 Å². The topological polar surface area (TPSA) is 20.3 Å². The zero-order valence-electron chi connectivity index (χ0n) is 11.1. The maximum absolute atomic E-state index is 12.3. The van der Waals surface area contributed by atoms with Crippen LogP contribution in [0.4, 0.5) is 5.69 Å². The van der Waals surface area contributed by atoms with E-state index in [0.717, 1.165) is 23.2 Å². The largest absolute Gasteiger partial charge is 0.297 e. The molecule has 0 saturated heterocycles. The number of aryl methyl sites for hydroxylation is 1. The summed E-state index contributed by atoms with van der Waals surface area (Å²) >= 11 is 17.8. The molecule has 0 bridgehead atoms. The molecule has 0 radical (unpaired) electrons. The lowest BCUT2D eigenvalue weighted by Crippen LogP contribution is -2.36. The highest BCUT2D eigenvalue weighted by atomic mass is 35.5. The van der Waals surface area contributed by atoms with Crippen molar-refractivity contribution in [3.8, 4) is 0 Å². The van der Waals surface area contributed by atoms with Crippen LogP contribution in [0.25, 0.3) is 0 Å². The number of alkyl halides is 3. The Labute approximate surface area is 129 Å². The fraction of sp³-hybridized carbons (Fsp3) is 0.500. The van der Waals surface area contributed by atoms with Crippen molar-refractivity contribution in [2.24, 2.45) is 0 Å². The summed E-state index contributed by atoms with van der Waals surface area (Å²) in [6.45, 7) is 3.91. The fourth-order valence-corrected chi connectivity index (χ4v) is 2.36. The number of amides is 1. The molecule has 0 heterocycles. The van der Waals surface area contributed by atoms with E-state index in [2.05, 4.69) is 0 Å². The summed E-state index contributed by atoms with van der Waals surface area (Å²) in [5, 5.41) is -0.553. The molecule has 5 heteroatoms. The minimum absolute atomic E-state index is 0.0841. The van der Waals surface area contributed by atoms with E-state index in [-0.39, 0.29) is 11.9 Å². The number of halogens is 3. The van der Waals surface area contributed by atoms with E-state index in [1.165, 1.54) is 4.90 Å². The quantitative estimate of drug-likeness (QED) is 0.556. The zero-order valence-corrected chi connectivity index (χ0v) is 13.4. The second-order valence-electron chi connectivity index (χ2n) is 4.21. The monoisotopic (exact) mass is 321 g/mol. The maximum Gasteiger partial charge on any atom is 0.246 e. The summed E-state index contributed by atoms with van der Waals surface area (Å²) < 4.78 is 0. The Balaban J connectivity index is 3.19. The lowest BCUT2D eigenvalue weighted by atomic mass is 10.1. The summed E-state index contributed by atoms with van der Waals surface area (Å²) in [6.07, 6.45) is 1.39. The molecular weight excluding hydrogens is 305 g/mol. The second-order valence-corrected chi connectivity index (χ2v) is 5.24. The molecule has 2 nitrogen and oxygen atoms in total. The van der Waals surface area contributed by atoms with Gasteiger partial charge in [0.15, 0.2) is 0 Å². The van der Waals surface area contributed by atoms with Crippen LogP contribution in [0.3, 0.4) is 0 Å². The van der Waals surface area contributed by atoms with Crippen LogP contribution in [0, 0.1) is 0 Å². The van der Waals surface area contributed by atoms with Gasteiger partial charge in [0.2, 0.25) is 5.91 Å². The van der Waals surface area contributed by atoms with Crippen molar-refractivity contribution in [2.45, 2.75) is 37.9 Å². The molecule has 0 fully saturated rings. The Bertz CT molecular complexity index is 437. The molecule has 106 valence electrons. The highest BCUT2D eigenvalue weighted by Gasteiger charge is 2.23. The summed E-state index contributed by atoms with van der Waals surface area (Å²) in [5.41, 5.74) is 2.82. The molecule has 1 aromatic rings. The first-order valence-corrected chi connectivity index (χ1v) is 7.78. The van der Waals surface area contributed by atoms with E-state index in [9.17, 15) is 4.79 Å². The Morgan fingerprint density at radius 3 is 2.47 bits per heavy atom. The third-order valence-corrected chi connectivity index (χ3v) is 4.03. The van der Waals surface area contributed by atoms with Crippen LogP contribution in [0.15, 0.2) is 18.2 Å². The van der Waals surface area contributed by atoms with Crippen molar-refractivity contribution >= 4 is 46.4 Å². The van der Waals surface area contributed by atoms with Gasteiger partial charge in [0.25, 0.3) is 0 Å². The maximum atomic E-state index is 12.3. The number of hydrogen-bond acceptors (Lipinski definition) is 1. The first-order valence-electron chi connectivity index (χ1n) is 6.28. The molecule has 0 aliphatic heterocycles. The molecule has 1 atom stereocenters. The molecule has 0 saturated carbocycles. The number of carbonyl (C=O) groups excluding carboxylic acids is 1. The second kappa shape index (κ2) is 7.98. The summed E-state index contributed by atoms with van der Waals surface area (Å²) in [4.78, 5) is 13.8. The van der Waals surface area contributed by atoms with Crippen LogP contribution in [-0.2, 0) is 17.1 Å². The van der Waals surface area contributed by atoms with Gasteiger partial charge in [-0.25, -0.2) is 0 Å². The Morgan fingerprint density at radius 1 is 1.32 bits per heavy atom. The van der Waals surface area contributed by atoms with Crippen LogP contribution in [-0.4, -0.2) is 17.3 Å². The number of benzene rings is 1. The van der Waals surface area contributed by atoms with E-state index in [1.807, 2.05) is 32.0 Å². The minimum Gasteiger partial charge on any atom is -0.297 e. The normalized spacial score (nSPS) is 12.3. The number of rotatable bonds is 6. The van der Waals surface area contributed by atoms with Gasteiger partial charge in [-0.3, -0.25) is 9.69 Å². The molecule has 0 aromatic heterocycles. The van der Waals surface area contributed by atoms with Crippen LogP contribution in [0.5, 0.6) is 0 Å². The Morgan fingerprint density at radius 2 is 2.00 bits per heavy atom. The highest BCUT2D eigenvalue weighted by Crippen LogP contribution is 2.26. The van der Waals surface area contributed by atoms with Crippen LogP contribution < -0.4 is 4.90 Å². The van der Waals surface area contributed by atoms with E-state index >= 15 is 0 Å². The predicted molar refractivity (Wildman–Crippen MR) is 83.5 cm³/mol. The molecule has 0 aliphatic rings. The average molecular weight is 323 g/mol. The molecule has 1 rings (SSSR count). The van der Waals surface area contributed by atoms with Gasteiger partial charge in [-0.15, -0.1) is 34.8 Å². The van der Waals surface area contributed by atoms with Crippen LogP contribution >= 0.6 is 34.8 Å². The number of hydrogen-bond donors (Lipinski definition) is 0. The van der Waals surface area contributed by atoms with Crippen molar-refractivity contribution in [3.63, 3.8) is 0 Å². The van der Waals surface area contributed by atoms with Crippen molar-refractivity contribution < 1.29 is 4.79 Å². The number of carbonyl (C=O) groups is 1. The van der Waals surface area contributed by atoms with Gasteiger partial charge in [-0.05, 0) is 30.0 Å². The first kappa shape index (κ1) is 16.6. The van der Waals surface area contributed by atoms with Crippen LogP contribution in [0.2, 0.25) is 0 Å². The molecular formula is C14H18Cl3NO. The van der Waals surface area contributed by atoms with E-state index in [0.29, 0.717) is 12.3 Å². The Hall–Kier alpha value is -0.440. The number of nitrogens with zero attached hydrogens (tertiary/aromatic N) is 1. The van der Waals surface area contributed by atoms with Crippen molar-refractivity contribution in [2.75, 3.05) is 10.9 Å². The van der Waals surface area contributed by atoms with Crippen molar-refractivity contribution in [3.05, 3.63) is 29.3 Å². The predicted octanol–water partition coefficient (Wildman–Crippen LogP) is 4.53. The van der Waals surface area contributed by atoms with Gasteiger partial charge in [0.05, 0.1) is 0 Å². The first-order chi connectivity index (χ1) is 9.08. The third-order valence-electron chi connectivity index (χ3n) is 2.99. The number of anilines is 1. The summed E-state index contributed by atoms with van der Waals surface area (Å²) in [6, 6.07) is 5.94. The fourth-order valence-electron chi connectivity index (χ4n) is 1.83. The highest BCUT2D eigenvalue weighted by molar-refractivity contribution is 6.34. The van der Waals surface area contributed by atoms with E-state index < -0.39 is 5.38 Å². The third kappa shape index (κ3) is 4.01. The summed E-state index contributed by atoms with van der Waals surface area (Å²) in [5.74, 6) is 0.236. The van der Waals surface area contributed by atoms with E-state index in [4.69, 9.17) is 34.8 Å². The van der Waals surface area contributed by atoms with Gasteiger partial charge in [-0.1, -0.05) is 26.0 Å². The zero-order chi connectivity index (χ0) is 14.4. The average Bonchev–Trinajstić information content (AvgIpc) is 2.46. The van der Waals surface area contributed by atoms with Gasteiger partial charge in [0, 0.05) is 11.6 Å². The molecule has 0 aliphatic carbocycles. The molecule has 0 spiro atoms. The lowest BCUT2D eigenvalue weighted by molar-refractivity contribution is -0.118. The van der Waals surface area contributed by atoms with Gasteiger partial charge >= 0.3 is 0 Å². The Kier molecular flexibility index (Phi) is 6.98. The SMILES string of the molecule is CCc1ccc(CCl)cc1N(CCl)C(=O)C(Cl)CC. The smallest absolute Gasteiger partial charge is 0.246 e. The molecule has 1 unspecified atom stereocenters. The standard InChI is InChI=1S/C14H18Cl3NO/c1-3-11-6-5-10(8-15)7-13(11)18(9-16)14(19)12(17)4-2/h5-7,12H,3-4,8-9H2,1-2H3. The van der Waals surface area contributed by atoms with Crippen LogP contribution in [0.1, 0.15) is 31.4 Å². The van der Waals surface area contributed by atoms with Gasteiger partial charge in [0.1, 0.15) is 11.4 Å². The lowest BCUT2D eigenvalue weighted by Gasteiger charge is -2.25. The molecule has 1 amide bonds. The summed E-state index contributed by atoms with van der Waals surface area (Å²) in [7, 11) is 0. The van der Waals surface area contributed by atoms with Gasteiger partial charge < -0.3 is 0 Å². The van der Waals surface area contributed by atoms with Gasteiger partial charge in [-0.2, -0.15) is 0 Å². The molecule has 19 heavy (non-hydrogen) atoms. The minimum atomic E-state index is -0.553.